The average molecular weight is 184 g/mol. The van der Waals surface area contributed by atoms with Crippen LogP contribution in [0.15, 0.2) is 0 Å². The van der Waals surface area contributed by atoms with E-state index in [2.05, 4.69) is 31.2 Å². The molecule has 78 valence electrons. The Balaban J connectivity index is 2.04. The van der Waals surface area contributed by atoms with Crippen LogP contribution in [-0.4, -0.2) is 37.6 Å². The fraction of sp³-hybridized carbons (Fsp3) is 1.00. The molecule has 0 spiro atoms. The number of rotatable bonds is 6. The van der Waals surface area contributed by atoms with Crippen molar-refractivity contribution in [3.05, 3.63) is 0 Å². The van der Waals surface area contributed by atoms with Gasteiger partial charge in [-0.25, -0.2) is 0 Å². The van der Waals surface area contributed by atoms with Crippen LogP contribution in [0.4, 0.5) is 0 Å². The van der Waals surface area contributed by atoms with E-state index in [1.807, 2.05) is 0 Å². The quantitative estimate of drug-likeness (QED) is 0.634. The number of nitrogens with one attached hydrogen (secondary N) is 1. The number of hydrogen-bond acceptors (Lipinski definition) is 2. The monoisotopic (exact) mass is 184 g/mol. The summed E-state index contributed by atoms with van der Waals surface area (Å²) in [6.07, 6.45) is 6.79. The minimum atomic E-state index is 0.534. The van der Waals surface area contributed by atoms with Crippen LogP contribution in [0.3, 0.4) is 0 Å². The highest BCUT2D eigenvalue weighted by Crippen LogP contribution is 2.34. The van der Waals surface area contributed by atoms with Gasteiger partial charge >= 0.3 is 0 Å². The summed E-state index contributed by atoms with van der Waals surface area (Å²) in [5.41, 5.74) is 0.534. The second-order valence-electron chi connectivity index (χ2n) is 4.57. The molecule has 13 heavy (non-hydrogen) atoms. The fourth-order valence-electron chi connectivity index (χ4n) is 2.01. The Labute approximate surface area is 82.7 Å². The van der Waals surface area contributed by atoms with Gasteiger partial charge in [0.15, 0.2) is 0 Å². The van der Waals surface area contributed by atoms with E-state index < -0.39 is 0 Å². The second kappa shape index (κ2) is 4.97. The average Bonchev–Trinajstić information content (AvgIpc) is 2.01. The summed E-state index contributed by atoms with van der Waals surface area (Å²) < 4.78 is 0. The molecule has 1 aliphatic rings. The maximum absolute atomic E-state index is 3.71. The maximum atomic E-state index is 3.71. The lowest BCUT2D eigenvalue weighted by Gasteiger charge is -2.42. The van der Waals surface area contributed by atoms with Gasteiger partial charge in [0.2, 0.25) is 0 Å². The Kier molecular flexibility index (Phi) is 4.20. The van der Waals surface area contributed by atoms with Gasteiger partial charge in [-0.1, -0.05) is 6.92 Å². The van der Waals surface area contributed by atoms with Crippen molar-refractivity contribution in [3.8, 4) is 0 Å². The highest BCUT2D eigenvalue weighted by atomic mass is 15.1. The van der Waals surface area contributed by atoms with E-state index in [1.54, 1.807) is 0 Å². The second-order valence-corrected chi connectivity index (χ2v) is 4.57. The molecule has 1 fully saturated rings. The molecule has 1 saturated carbocycles. The van der Waals surface area contributed by atoms with Crippen molar-refractivity contribution in [2.45, 2.75) is 44.6 Å². The van der Waals surface area contributed by atoms with E-state index in [9.17, 15) is 0 Å². The molecule has 0 aromatic carbocycles. The molecule has 0 atom stereocenters. The number of hydrogen-bond donors (Lipinski definition) is 1. The van der Waals surface area contributed by atoms with Crippen LogP contribution >= 0.6 is 0 Å². The van der Waals surface area contributed by atoms with E-state index in [4.69, 9.17) is 0 Å². The largest absolute Gasteiger partial charge is 0.311 e. The van der Waals surface area contributed by atoms with Crippen molar-refractivity contribution in [1.29, 1.82) is 0 Å². The molecule has 0 heterocycles. The Hall–Kier alpha value is -0.0800. The Bertz CT molecular complexity index is 134. The fourth-order valence-corrected chi connectivity index (χ4v) is 2.01. The zero-order chi connectivity index (χ0) is 9.73. The first kappa shape index (κ1) is 11.0. The van der Waals surface area contributed by atoms with Crippen molar-refractivity contribution < 1.29 is 0 Å². The van der Waals surface area contributed by atoms with Gasteiger partial charge in [0.1, 0.15) is 0 Å². The molecule has 0 radical (unpaired) electrons. The zero-order valence-corrected chi connectivity index (χ0v) is 9.40. The predicted molar refractivity (Wildman–Crippen MR) is 58.0 cm³/mol. The van der Waals surface area contributed by atoms with Crippen molar-refractivity contribution in [2.75, 3.05) is 27.2 Å². The van der Waals surface area contributed by atoms with Gasteiger partial charge in [0.05, 0.1) is 0 Å². The molecule has 1 rings (SSSR count). The lowest BCUT2D eigenvalue weighted by molar-refractivity contribution is 0.175. The summed E-state index contributed by atoms with van der Waals surface area (Å²) in [5.74, 6) is 0. The molecule has 0 amide bonds. The summed E-state index contributed by atoms with van der Waals surface area (Å²) in [7, 11) is 4.28. The van der Waals surface area contributed by atoms with Gasteiger partial charge < -0.3 is 10.2 Å². The van der Waals surface area contributed by atoms with Crippen molar-refractivity contribution >= 4 is 0 Å². The van der Waals surface area contributed by atoms with Gasteiger partial charge in [-0.3, -0.25) is 0 Å². The Morgan fingerprint density at radius 1 is 1.31 bits per heavy atom. The maximum Gasteiger partial charge on any atom is 0.0178 e. The minimum Gasteiger partial charge on any atom is -0.311 e. The smallest absolute Gasteiger partial charge is 0.0178 e. The first-order valence-corrected chi connectivity index (χ1v) is 5.58. The standard InChI is InChI=1S/C11H24N2/c1-4-11(7-5-8-11)12-9-6-10-13(2)3/h12H,4-10H2,1-3H3. The van der Waals surface area contributed by atoms with Crippen LogP contribution in [0.1, 0.15) is 39.0 Å². The third-order valence-corrected chi connectivity index (χ3v) is 3.27. The van der Waals surface area contributed by atoms with Crippen molar-refractivity contribution in [1.82, 2.24) is 10.2 Å². The van der Waals surface area contributed by atoms with Crippen LogP contribution < -0.4 is 5.32 Å². The molecule has 0 unspecified atom stereocenters. The van der Waals surface area contributed by atoms with Crippen LogP contribution in [0.25, 0.3) is 0 Å². The van der Waals surface area contributed by atoms with Crippen molar-refractivity contribution in [3.63, 3.8) is 0 Å². The van der Waals surface area contributed by atoms with Crippen LogP contribution in [-0.2, 0) is 0 Å². The SMILES string of the molecule is CCC1(NCCCN(C)C)CCC1. The minimum absolute atomic E-state index is 0.534. The Morgan fingerprint density at radius 3 is 2.38 bits per heavy atom. The lowest BCUT2D eigenvalue weighted by Crippen LogP contribution is -2.50. The van der Waals surface area contributed by atoms with E-state index in [0.29, 0.717) is 5.54 Å². The molecule has 0 aromatic heterocycles. The summed E-state index contributed by atoms with van der Waals surface area (Å²) in [5, 5.41) is 3.71. The van der Waals surface area contributed by atoms with Gasteiger partial charge in [-0.15, -0.1) is 0 Å². The first-order chi connectivity index (χ1) is 6.18. The van der Waals surface area contributed by atoms with Gasteiger partial charge in [-0.05, 0) is 59.3 Å². The molecule has 1 N–H and O–H groups in total. The molecule has 0 bridgehead atoms. The summed E-state index contributed by atoms with van der Waals surface area (Å²) >= 11 is 0. The molecule has 0 aliphatic heterocycles. The molecule has 2 heteroatoms. The van der Waals surface area contributed by atoms with Crippen LogP contribution in [0, 0.1) is 0 Å². The summed E-state index contributed by atoms with van der Waals surface area (Å²) in [6.45, 7) is 4.69. The predicted octanol–water partition coefficient (Wildman–Crippen LogP) is 1.86. The van der Waals surface area contributed by atoms with Gasteiger partial charge in [-0.2, -0.15) is 0 Å². The van der Waals surface area contributed by atoms with E-state index in [-0.39, 0.29) is 0 Å². The Morgan fingerprint density at radius 2 is 2.00 bits per heavy atom. The topological polar surface area (TPSA) is 15.3 Å². The van der Waals surface area contributed by atoms with Gasteiger partial charge in [0, 0.05) is 5.54 Å². The van der Waals surface area contributed by atoms with E-state index in [0.717, 1.165) is 0 Å². The van der Waals surface area contributed by atoms with Crippen LogP contribution in [0.2, 0.25) is 0 Å². The summed E-state index contributed by atoms with van der Waals surface area (Å²) in [4.78, 5) is 2.25. The third-order valence-electron chi connectivity index (χ3n) is 3.27. The van der Waals surface area contributed by atoms with Gasteiger partial charge in [0.25, 0.3) is 0 Å². The molecule has 2 nitrogen and oxygen atoms in total. The molecule has 1 aliphatic carbocycles. The number of nitrogens with zero attached hydrogens (tertiary/aromatic N) is 1. The lowest BCUT2D eigenvalue weighted by atomic mass is 9.75. The molecular weight excluding hydrogens is 160 g/mol. The normalized spacial score (nSPS) is 20.3. The van der Waals surface area contributed by atoms with Crippen LogP contribution in [0.5, 0.6) is 0 Å². The highest BCUT2D eigenvalue weighted by molar-refractivity contribution is 4.94. The van der Waals surface area contributed by atoms with E-state index in [1.165, 1.54) is 45.2 Å². The highest BCUT2D eigenvalue weighted by Gasteiger charge is 2.33. The molecule has 0 aromatic rings. The first-order valence-electron chi connectivity index (χ1n) is 5.58. The van der Waals surface area contributed by atoms with E-state index >= 15 is 0 Å². The third kappa shape index (κ3) is 3.28. The summed E-state index contributed by atoms with van der Waals surface area (Å²) in [6, 6.07) is 0. The molecule has 0 saturated heterocycles. The molecular formula is C11H24N2. The zero-order valence-electron chi connectivity index (χ0n) is 9.40. The van der Waals surface area contributed by atoms with Crippen molar-refractivity contribution in [2.24, 2.45) is 0 Å².